The summed E-state index contributed by atoms with van der Waals surface area (Å²) in [7, 11) is 3.29. The Morgan fingerprint density at radius 3 is 2.75 bits per heavy atom. The molecule has 0 aliphatic rings. The van der Waals surface area contributed by atoms with E-state index in [1.54, 1.807) is 32.4 Å². The van der Waals surface area contributed by atoms with Crippen molar-refractivity contribution in [3.05, 3.63) is 54.0 Å². The number of ether oxygens (including phenoxy) is 1. The fourth-order valence-corrected chi connectivity index (χ4v) is 1.49. The number of para-hydroxylation sites is 1. The fourth-order valence-electron chi connectivity index (χ4n) is 1.49. The Bertz CT molecular complexity index is 512. The first-order chi connectivity index (χ1) is 9.56. The third-order valence-corrected chi connectivity index (χ3v) is 2.58. The van der Waals surface area contributed by atoms with E-state index in [2.05, 4.69) is 16.9 Å². The van der Waals surface area contributed by atoms with E-state index in [9.17, 15) is 4.39 Å². The zero-order valence-electron chi connectivity index (χ0n) is 12.1. The second-order valence-electron chi connectivity index (χ2n) is 4.32. The monoisotopic (exact) mass is 277 g/mol. The Morgan fingerprint density at radius 2 is 2.15 bits per heavy atom. The normalized spacial score (nSPS) is 11.9. The average molecular weight is 277 g/mol. The molecular formula is C15H20FN3O. The van der Waals surface area contributed by atoms with Gasteiger partial charge in [-0.2, -0.15) is 0 Å². The van der Waals surface area contributed by atoms with Gasteiger partial charge >= 0.3 is 0 Å². The van der Waals surface area contributed by atoms with E-state index in [4.69, 9.17) is 4.74 Å². The molecular weight excluding hydrogens is 257 g/mol. The number of rotatable bonds is 7. The lowest BCUT2D eigenvalue weighted by Crippen LogP contribution is -2.09. The number of methoxy groups -OCH3 is 1. The van der Waals surface area contributed by atoms with Gasteiger partial charge in [-0.3, -0.25) is 0 Å². The molecule has 0 atom stereocenters. The Morgan fingerprint density at radius 1 is 1.45 bits per heavy atom. The Balaban J connectivity index is 2.80. The molecule has 1 aromatic carbocycles. The molecule has 20 heavy (non-hydrogen) atoms. The van der Waals surface area contributed by atoms with Crippen molar-refractivity contribution in [1.82, 2.24) is 0 Å². The molecule has 0 fully saturated rings. The lowest BCUT2D eigenvalue weighted by atomic mass is 10.2. The summed E-state index contributed by atoms with van der Waals surface area (Å²) in [5.41, 5.74) is 1.84. The van der Waals surface area contributed by atoms with Crippen molar-refractivity contribution in [2.45, 2.75) is 13.3 Å². The predicted molar refractivity (Wildman–Crippen MR) is 79.0 cm³/mol. The van der Waals surface area contributed by atoms with Crippen molar-refractivity contribution in [3.8, 4) is 0 Å². The maximum absolute atomic E-state index is 13.6. The van der Waals surface area contributed by atoms with Crippen LogP contribution >= 0.6 is 0 Å². The number of benzene rings is 1. The summed E-state index contributed by atoms with van der Waals surface area (Å²) >= 11 is 0. The van der Waals surface area contributed by atoms with Gasteiger partial charge in [0.1, 0.15) is 5.82 Å². The molecule has 4 nitrogen and oxygen atoms in total. The molecule has 0 amide bonds. The van der Waals surface area contributed by atoms with E-state index in [1.807, 2.05) is 13.0 Å². The van der Waals surface area contributed by atoms with Gasteiger partial charge < -0.3 is 4.74 Å². The number of hydrogen-bond acceptors (Lipinski definition) is 3. The topological polar surface area (TPSA) is 37.2 Å². The van der Waals surface area contributed by atoms with Crippen LogP contribution in [0.5, 0.6) is 0 Å². The molecule has 5 heteroatoms. The highest BCUT2D eigenvalue weighted by Gasteiger charge is 2.05. The van der Waals surface area contributed by atoms with Gasteiger partial charge in [0, 0.05) is 20.8 Å². The van der Waals surface area contributed by atoms with Crippen molar-refractivity contribution in [2.24, 2.45) is 10.3 Å². The molecule has 0 saturated heterocycles. The summed E-state index contributed by atoms with van der Waals surface area (Å²) in [6.07, 6.45) is 2.62. The summed E-state index contributed by atoms with van der Waals surface area (Å²) in [4.78, 5) is 0. The molecule has 0 bridgehead atoms. The van der Waals surface area contributed by atoms with E-state index >= 15 is 0 Å². The van der Waals surface area contributed by atoms with Gasteiger partial charge in [-0.05, 0) is 31.1 Å². The van der Waals surface area contributed by atoms with Crippen LogP contribution in [0.3, 0.4) is 0 Å². The second-order valence-corrected chi connectivity index (χ2v) is 4.32. The van der Waals surface area contributed by atoms with Crippen LogP contribution in [0.25, 0.3) is 0 Å². The summed E-state index contributed by atoms with van der Waals surface area (Å²) < 4.78 is 18.6. The van der Waals surface area contributed by atoms with Crippen LogP contribution in [0.4, 0.5) is 10.1 Å². The first-order valence-electron chi connectivity index (χ1n) is 6.31. The van der Waals surface area contributed by atoms with Gasteiger partial charge in [0.2, 0.25) is 0 Å². The van der Waals surface area contributed by atoms with Crippen LogP contribution in [0.2, 0.25) is 0 Å². The number of hydrogen-bond donors (Lipinski definition) is 0. The van der Waals surface area contributed by atoms with Gasteiger partial charge in [-0.1, -0.05) is 30.0 Å². The van der Waals surface area contributed by atoms with Crippen LogP contribution in [0.1, 0.15) is 13.3 Å². The Kier molecular flexibility index (Phi) is 6.59. The maximum Gasteiger partial charge on any atom is 0.148 e. The fraction of sp³-hybridized carbons (Fsp3) is 0.333. The molecule has 0 heterocycles. The van der Waals surface area contributed by atoms with E-state index < -0.39 is 0 Å². The quantitative estimate of drug-likeness (QED) is 0.325. The van der Waals surface area contributed by atoms with E-state index in [-0.39, 0.29) is 5.82 Å². The van der Waals surface area contributed by atoms with E-state index in [0.29, 0.717) is 18.0 Å². The first kappa shape index (κ1) is 16.0. The third-order valence-electron chi connectivity index (χ3n) is 2.58. The minimum absolute atomic E-state index is 0.339. The molecule has 0 saturated carbocycles. The number of anilines is 1. The molecule has 108 valence electrons. The molecule has 0 N–H and O–H groups in total. The van der Waals surface area contributed by atoms with Crippen LogP contribution in [0, 0.1) is 5.82 Å². The van der Waals surface area contributed by atoms with Gasteiger partial charge in [-0.15, -0.1) is 5.11 Å². The predicted octanol–water partition coefficient (Wildman–Crippen LogP) is 4.13. The van der Waals surface area contributed by atoms with Crippen LogP contribution in [0.15, 0.2) is 58.5 Å². The highest BCUT2D eigenvalue weighted by atomic mass is 19.1. The summed E-state index contributed by atoms with van der Waals surface area (Å²) in [5, 5.41) is 9.50. The van der Waals surface area contributed by atoms with Crippen molar-refractivity contribution in [2.75, 3.05) is 25.8 Å². The number of nitrogens with zero attached hydrogens (tertiary/aromatic N) is 3. The van der Waals surface area contributed by atoms with Crippen LogP contribution in [-0.4, -0.2) is 20.8 Å². The number of halogens is 1. The largest absolute Gasteiger partial charge is 0.384 e. The highest BCUT2D eigenvalue weighted by molar-refractivity contribution is 5.45. The smallest absolute Gasteiger partial charge is 0.148 e. The minimum Gasteiger partial charge on any atom is -0.384 e. The van der Waals surface area contributed by atoms with E-state index in [1.165, 1.54) is 11.1 Å². The van der Waals surface area contributed by atoms with Crippen molar-refractivity contribution in [1.29, 1.82) is 0 Å². The lowest BCUT2D eigenvalue weighted by molar-refractivity contribution is 0.204. The molecule has 0 aromatic heterocycles. The second kappa shape index (κ2) is 8.22. The molecule has 1 rings (SSSR count). The van der Waals surface area contributed by atoms with Gasteiger partial charge in [0.15, 0.2) is 0 Å². The molecule has 0 unspecified atom stereocenters. The Labute approximate surface area is 119 Å². The summed E-state index contributed by atoms with van der Waals surface area (Å²) in [6.45, 7) is 6.30. The van der Waals surface area contributed by atoms with Gasteiger partial charge in [0.25, 0.3) is 0 Å². The lowest BCUT2D eigenvalue weighted by Gasteiger charge is -2.12. The molecule has 0 spiro atoms. The Hall–Kier alpha value is -2.01. The van der Waals surface area contributed by atoms with Gasteiger partial charge in [-0.25, -0.2) is 9.40 Å². The highest BCUT2D eigenvalue weighted by Crippen LogP contribution is 2.18. The van der Waals surface area contributed by atoms with Gasteiger partial charge in [0.05, 0.1) is 11.4 Å². The third kappa shape index (κ3) is 4.93. The zero-order chi connectivity index (χ0) is 15.0. The summed E-state index contributed by atoms with van der Waals surface area (Å²) in [5.74, 6) is -0.339. The average Bonchev–Trinajstić information content (AvgIpc) is 2.42. The van der Waals surface area contributed by atoms with Crippen molar-refractivity contribution < 1.29 is 9.13 Å². The molecule has 0 radical (unpaired) electrons. The van der Waals surface area contributed by atoms with E-state index in [0.717, 1.165) is 12.0 Å². The standard InChI is InChI=1S/C15H20FN3O/c1-12(2)14(9-7-11-20-4)17-18-19(3)15-10-6-5-8-13(15)16/h5-6,8-10H,1,7,11H2,2-4H3/b14-9+,18-17?. The SMILES string of the molecule is C=C(C)/C(=C\CCOC)N=NN(C)c1ccccc1F. The summed E-state index contributed by atoms with van der Waals surface area (Å²) in [6, 6.07) is 6.41. The first-order valence-corrected chi connectivity index (χ1v) is 6.31. The van der Waals surface area contributed by atoms with Crippen molar-refractivity contribution >= 4 is 5.69 Å². The van der Waals surface area contributed by atoms with Crippen LogP contribution in [-0.2, 0) is 4.74 Å². The minimum atomic E-state index is -0.339. The molecule has 0 aliphatic heterocycles. The zero-order valence-corrected chi connectivity index (χ0v) is 12.1. The number of allylic oxidation sites excluding steroid dienone is 1. The van der Waals surface area contributed by atoms with Crippen LogP contribution < -0.4 is 5.01 Å². The van der Waals surface area contributed by atoms with Crippen molar-refractivity contribution in [3.63, 3.8) is 0 Å². The molecule has 1 aromatic rings. The molecule has 0 aliphatic carbocycles. The maximum atomic E-state index is 13.6.